The Labute approximate surface area is 134 Å². The molecule has 1 aliphatic heterocycles. The van der Waals surface area contributed by atoms with Gasteiger partial charge in [0, 0.05) is 32.2 Å². The first kappa shape index (κ1) is 16.8. The minimum Gasteiger partial charge on any atom is -0.373 e. The molecule has 0 aromatic heterocycles. The summed E-state index contributed by atoms with van der Waals surface area (Å²) in [5.41, 5.74) is 8.63. The third-order valence-electron chi connectivity index (χ3n) is 4.43. The van der Waals surface area contributed by atoms with Crippen LogP contribution in [0.2, 0.25) is 0 Å². The van der Waals surface area contributed by atoms with Crippen LogP contribution in [-0.4, -0.2) is 37.1 Å². The summed E-state index contributed by atoms with van der Waals surface area (Å²) >= 11 is 0. The normalized spacial score (nSPS) is 22.6. The molecular weight excluding hydrogens is 274 g/mol. The Morgan fingerprint density at radius 1 is 1.27 bits per heavy atom. The van der Waals surface area contributed by atoms with Crippen LogP contribution >= 0.6 is 0 Å². The SMILES string of the molecule is CCN(CC)C(N)=NCC1CCCOC1c1ccc(C)cc1. The smallest absolute Gasteiger partial charge is 0.191 e. The lowest BCUT2D eigenvalue weighted by molar-refractivity contribution is -0.0250. The van der Waals surface area contributed by atoms with Crippen molar-refractivity contribution in [3.05, 3.63) is 35.4 Å². The van der Waals surface area contributed by atoms with Crippen LogP contribution in [0.4, 0.5) is 0 Å². The second kappa shape index (κ2) is 8.18. The number of hydrogen-bond donors (Lipinski definition) is 1. The van der Waals surface area contributed by atoms with E-state index in [4.69, 9.17) is 10.5 Å². The van der Waals surface area contributed by atoms with Crippen LogP contribution in [0.25, 0.3) is 0 Å². The summed E-state index contributed by atoms with van der Waals surface area (Å²) in [6, 6.07) is 8.65. The molecule has 2 unspecified atom stereocenters. The van der Waals surface area contributed by atoms with Gasteiger partial charge in [0.2, 0.25) is 0 Å². The lowest BCUT2D eigenvalue weighted by Crippen LogP contribution is -2.37. The Balaban J connectivity index is 2.07. The van der Waals surface area contributed by atoms with Gasteiger partial charge in [0.15, 0.2) is 5.96 Å². The van der Waals surface area contributed by atoms with Crippen molar-refractivity contribution in [1.29, 1.82) is 0 Å². The van der Waals surface area contributed by atoms with Crippen molar-refractivity contribution < 1.29 is 4.74 Å². The topological polar surface area (TPSA) is 50.8 Å². The number of aliphatic imine (C=N–C) groups is 1. The van der Waals surface area contributed by atoms with Crippen LogP contribution in [0.3, 0.4) is 0 Å². The standard InChI is InChI=1S/C18H29N3O/c1-4-21(5-2)18(19)20-13-16-7-6-12-22-17(16)15-10-8-14(3)9-11-15/h8-11,16-17H,4-7,12-13H2,1-3H3,(H2,19,20). The van der Waals surface area contributed by atoms with E-state index in [2.05, 4.69) is 54.9 Å². The minimum absolute atomic E-state index is 0.141. The van der Waals surface area contributed by atoms with Gasteiger partial charge < -0.3 is 15.4 Å². The largest absolute Gasteiger partial charge is 0.373 e. The summed E-state index contributed by atoms with van der Waals surface area (Å²) in [5.74, 6) is 1.06. The van der Waals surface area contributed by atoms with E-state index in [1.54, 1.807) is 0 Å². The summed E-state index contributed by atoms with van der Waals surface area (Å²) in [6.07, 6.45) is 2.39. The summed E-state index contributed by atoms with van der Waals surface area (Å²) < 4.78 is 6.04. The van der Waals surface area contributed by atoms with Crippen molar-refractivity contribution in [2.24, 2.45) is 16.6 Å². The van der Waals surface area contributed by atoms with Gasteiger partial charge in [-0.2, -0.15) is 0 Å². The number of hydrogen-bond acceptors (Lipinski definition) is 2. The van der Waals surface area contributed by atoms with E-state index in [0.717, 1.165) is 39.1 Å². The van der Waals surface area contributed by atoms with E-state index in [1.165, 1.54) is 11.1 Å². The van der Waals surface area contributed by atoms with Gasteiger partial charge in [0.1, 0.15) is 0 Å². The van der Waals surface area contributed by atoms with Gasteiger partial charge in [0.25, 0.3) is 0 Å². The third kappa shape index (κ3) is 4.23. The maximum atomic E-state index is 6.10. The number of nitrogens with zero attached hydrogens (tertiary/aromatic N) is 2. The van der Waals surface area contributed by atoms with Gasteiger partial charge in [-0.25, -0.2) is 0 Å². The molecular formula is C18H29N3O. The molecule has 1 aliphatic rings. The molecule has 0 radical (unpaired) electrons. The molecule has 0 spiro atoms. The van der Waals surface area contributed by atoms with Crippen LogP contribution in [-0.2, 0) is 4.74 Å². The maximum Gasteiger partial charge on any atom is 0.191 e. The fourth-order valence-corrected chi connectivity index (χ4v) is 3.01. The fourth-order valence-electron chi connectivity index (χ4n) is 3.01. The van der Waals surface area contributed by atoms with Gasteiger partial charge in [-0.3, -0.25) is 4.99 Å². The van der Waals surface area contributed by atoms with E-state index in [0.29, 0.717) is 11.9 Å². The molecule has 0 amide bonds. The minimum atomic E-state index is 0.141. The van der Waals surface area contributed by atoms with Crippen molar-refractivity contribution in [2.75, 3.05) is 26.2 Å². The highest BCUT2D eigenvalue weighted by Crippen LogP contribution is 2.33. The molecule has 0 aliphatic carbocycles. The first-order chi connectivity index (χ1) is 10.7. The Hall–Kier alpha value is -1.55. The molecule has 122 valence electrons. The number of guanidine groups is 1. The van der Waals surface area contributed by atoms with E-state index in [9.17, 15) is 0 Å². The van der Waals surface area contributed by atoms with Gasteiger partial charge in [-0.1, -0.05) is 29.8 Å². The fraction of sp³-hybridized carbons (Fsp3) is 0.611. The molecule has 2 atom stereocenters. The molecule has 4 heteroatoms. The Morgan fingerprint density at radius 3 is 2.59 bits per heavy atom. The lowest BCUT2D eigenvalue weighted by atomic mass is 9.89. The zero-order chi connectivity index (χ0) is 15.9. The molecule has 1 aromatic carbocycles. The zero-order valence-corrected chi connectivity index (χ0v) is 14.1. The average molecular weight is 303 g/mol. The van der Waals surface area contributed by atoms with E-state index in [1.807, 2.05) is 0 Å². The molecule has 22 heavy (non-hydrogen) atoms. The van der Waals surface area contributed by atoms with Gasteiger partial charge in [-0.05, 0) is 39.2 Å². The predicted molar refractivity (Wildman–Crippen MR) is 92.0 cm³/mol. The predicted octanol–water partition coefficient (Wildman–Crippen LogP) is 3.12. The van der Waals surface area contributed by atoms with Crippen molar-refractivity contribution in [3.63, 3.8) is 0 Å². The van der Waals surface area contributed by atoms with Crippen molar-refractivity contribution in [3.8, 4) is 0 Å². The second-order valence-electron chi connectivity index (χ2n) is 5.98. The number of rotatable bonds is 5. The highest BCUT2D eigenvalue weighted by atomic mass is 16.5. The molecule has 0 bridgehead atoms. The quantitative estimate of drug-likeness (QED) is 0.671. The van der Waals surface area contributed by atoms with Gasteiger partial charge in [-0.15, -0.1) is 0 Å². The third-order valence-corrected chi connectivity index (χ3v) is 4.43. The van der Waals surface area contributed by atoms with E-state index < -0.39 is 0 Å². The summed E-state index contributed by atoms with van der Waals surface area (Å²) in [5, 5.41) is 0. The maximum absolute atomic E-state index is 6.10. The molecule has 0 saturated carbocycles. The molecule has 1 fully saturated rings. The average Bonchev–Trinajstić information content (AvgIpc) is 2.55. The monoisotopic (exact) mass is 303 g/mol. The van der Waals surface area contributed by atoms with Crippen LogP contribution in [0.1, 0.15) is 43.9 Å². The number of nitrogens with two attached hydrogens (primary N) is 1. The molecule has 1 saturated heterocycles. The summed E-state index contributed by atoms with van der Waals surface area (Å²) in [6.45, 7) is 9.68. The number of benzene rings is 1. The lowest BCUT2D eigenvalue weighted by Gasteiger charge is -2.31. The molecule has 1 heterocycles. The number of ether oxygens (including phenoxy) is 1. The van der Waals surface area contributed by atoms with Crippen molar-refractivity contribution in [2.45, 2.75) is 39.7 Å². The van der Waals surface area contributed by atoms with Gasteiger partial charge in [0.05, 0.1) is 6.10 Å². The molecule has 2 rings (SSSR count). The van der Waals surface area contributed by atoms with Crippen LogP contribution in [0.15, 0.2) is 29.3 Å². The second-order valence-corrected chi connectivity index (χ2v) is 5.98. The molecule has 4 nitrogen and oxygen atoms in total. The van der Waals surface area contributed by atoms with Crippen molar-refractivity contribution in [1.82, 2.24) is 4.90 Å². The Bertz CT molecular complexity index is 480. The Morgan fingerprint density at radius 2 is 1.95 bits per heavy atom. The first-order valence-electron chi connectivity index (χ1n) is 8.38. The van der Waals surface area contributed by atoms with E-state index in [-0.39, 0.29) is 6.10 Å². The highest BCUT2D eigenvalue weighted by Gasteiger charge is 2.27. The van der Waals surface area contributed by atoms with E-state index >= 15 is 0 Å². The van der Waals surface area contributed by atoms with Crippen LogP contribution in [0.5, 0.6) is 0 Å². The Kier molecular flexibility index (Phi) is 6.25. The zero-order valence-electron chi connectivity index (χ0n) is 14.1. The molecule has 2 N–H and O–H groups in total. The first-order valence-corrected chi connectivity index (χ1v) is 8.38. The van der Waals surface area contributed by atoms with Gasteiger partial charge >= 0.3 is 0 Å². The van der Waals surface area contributed by atoms with Crippen LogP contribution < -0.4 is 5.73 Å². The highest BCUT2D eigenvalue weighted by molar-refractivity contribution is 5.78. The van der Waals surface area contributed by atoms with Crippen LogP contribution in [0, 0.1) is 12.8 Å². The van der Waals surface area contributed by atoms with Crippen molar-refractivity contribution >= 4 is 5.96 Å². The summed E-state index contributed by atoms with van der Waals surface area (Å²) in [4.78, 5) is 6.71. The molecule has 1 aromatic rings. The summed E-state index contributed by atoms with van der Waals surface area (Å²) in [7, 11) is 0. The number of aryl methyl sites for hydroxylation is 1.